The van der Waals surface area contributed by atoms with E-state index in [0.717, 1.165) is 12.1 Å². The number of nitrogens with one attached hydrogen (secondary N) is 2. The van der Waals surface area contributed by atoms with Crippen molar-refractivity contribution in [3.8, 4) is 0 Å². The lowest BCUT2D eigenvalue weighted by molar-refractivity contribution is -0.117. The van der Waals surface area contributed by atoms with E-state index < -0.39 is 35.3 Å². The molecule has 0 saturated carbocycles. The molecular formula is C14H19F2N3O3. The number of nitrogens with two attached hydrogens (primary N) is 1. The minimum Gasteiger partial charge on any atom is -0.444 e. The van der Waals surface area contributed by atoms with E-state index in [2.05, 4.69) is 10.6 Å². The van der Waals surface area contributed by atoms with E-state index in [1.54, 1.807) is 20.8 Å². The molecule has 22 heavy (non-hydrogen) atoms. The molecule has 6 nitrogen and oxygen atoms in total. The van der Waals surface area contributed by atoms with Crippen molar-refractivity contribution in [2.75, 3.05) is 11.1 Å². The van der Waals surface area contributed by atoms with Gasteiger partial charge in [-0.25, -0.2) is 13.6 Å². The second-order valence-corrected chi connectivity index (χ2v) is 5.71. The van der Waals surface area contributed by atoms with Crippen molar-refractivity contribution in [3.05, 3.63) is 23.8 Å². The normalized spacial score (nSPS) is 12.5. The maximum atomic E-state index is 13.1. The van der Waals surface area contributed by atoms with Gasteiger partial charge in [-0.2, -0.15) is 0 Å². The summed E-state index contributed by atoms with van der Waals surface area (Å²) < 4.78 is 31.1. The summed E-state index contributed by atoms with van der Waals surface area (Å²) in [5, 5.41) is 4.63. The molecule has 0 aliphatic heterocycles. The van der Waals surface area contributed by atoms with Crippen LogP contribution in [0.25, 0.3) is 0 Å². The van der Waals surface area contributed by atoms with Crippen molar-refractivity contribution >= 4 is 23.4 Å². The number of hydrogen-bond donors (Lipinski definition) is 3. The van der Waals surface area contributed by atoms with Crippen LogP contribution in [0.3, 0.4) is 0 Å². The molecule has 0 heterocycles. The van der Waals surface area contributed by atoms with Gasteiger partial charge >= 0.3 is 6.09 Å². The fourth-order valence-electron chi connectivity index (χ4n) is 1.46. The topological polar surface area (TPSA) is 93.4 Å². The number of carbonyl (C=O) groups excluding carboxylic acids is 2. The first kappa shape index (κ1) is 17.7. The number of carbonyl (C=O) groups is 2. The summed E-state index contributed by atoms with van der Waals surface area (Å²) in [6.07, 6.45) is -0.770. The van der Waals surface area contributed by atoms with Crippen molar-refractivity contribution in [2.24, 2.45) is 0 Å². The molecule has 122 valence electrons. The smallest absolute Gasteiger partial charge is 0.408 e. The van der Waals surface area contributed by atoms with Gasteiger partial charge in [-0.05, 0) is 27.7 Å². The summed E-state index contributed by atoms with van der Waals surface area (Å²) >= 11 is 0. The third-order valence-electron chi connectivity index (χ3n) is 2.48. The first-order valence-corrected chi connectivity index (χ1v) is 6.54. The highest BCUT2D eigenvalue weighted by Crippen LogP contribution is 2.22. The van der Waals surface area contributed by atoms with E-state index in [1.165, 1.54) is 6.92 Å². The molecule has 0 aromatic heterocycles. The van der Waals surface area contributed by atoms with Crippen LogP contribution >= 0.6 is 0 Å². The molecule has 1 aromatic carbocycles. The van der Waals surface area contributed by atoms with Crippen LogP contribution < -0.4 is 16.4 Å². The van der Waals surface area contributed by atoms with Crippen LogP contribution in [-0.4, -0.2) is 23.6 Å². The Labute approximate surface area is 127 Å². The van der Waals surface area contributed by atoms with Crippen molar-refractivity contribution in [3.63, 3.8) is 0 Å². The van der Waals surface area contributed by atoms with E-state index in [1.807, 2.05) is 0 Å². The molecule has 0 saturated heterocycles. The van der Waals surface area contributed by atoms with Crippen LogP contribution in [0.1, 0.15) is 27.7 Å². The highest BCUT2D eigenvalue weighted by molar-refractivity contribution is 5.98. The molecule has 8 heteroatoms. The number of alkyl carbamates (subject to hydrolysis) is 1. The number of amides is 2. The molecular weight excluding hydrogens is 296 g/mol. The molecule has 2 amide bonds. The highest BCUT2D eigenvalue weighted by atomic mass is 19.2. The Morgan fingerprint density at radius 3 is 2.32 bits per heavy atom. The fraction of sp³-hybridized carbons (Fsp3) is 0.429. The zero-order valence-electron chi connectivity index (χ0n) is 12.8. The van der Waals surface area contributed by atoms with Crippen molar-refractivity contribution in [1.82, 2.24) is 5.32 Å². The first-order valence-electron chi connectivity index (χ1n) is 6.54. The SMILES string of the molecule is CC(NC(=O)OC(C)(C)C)C(=O)Nc1cc(F)c(F)cc1N. The predicted octanol–water partition coefficient (Wildman–Crippen LogP) is 2.40. The van der Waals surface area contributed by atoms with Gasteiger partial charge in [-0.15, -0.1) is 0 Å². The quantitative estimate of drug-likeness (QED) is 0.747. The average Bonchev–Trinajstić information content (AvgIpc) is 2.33. The summed E-state index contributed by atoms with van der Waals surface area (Å²) in [4.78, 5) is 23.5. The number of halogens is 2. The van der Waals surface area contributed by atoms with Crippen molar-refractivity contribution in [2.45, 2.75) is 39.3 Å². The molecule has 0 radical (unpaired) electrons. The summed E-state index contributed by atoms with van der Waals surface area (Å²) in [7, 11) is 0. The number of hydrogen-bond acceptors (Lipinski definition) is 4. The molecule has 1 unspecified atom stereocenters. The Hall–Kier alpha value is -2.38. The minimum atomic E-state index is -1.14. The Bertz CT molecular complexity index is 585. The molecule has 1 atom stereocenters. The highest BCUT2D eigenvalue weighted by Gasteiger charge is 2.21. The summed E-state index contributed by atoms with van der Waals surface area (Å²) in [5.41, 5.74) is 4.58. The van der Waals surface area contributed by atoms with E-state index in [4.69, 9.17) is 10.5 Å². The number of nitrogen functional groups attached to an aromatic ring is 1. The second-order valence-electron chi connectivity index (χ2n) is 5.71. The van der Waals surface area contributed by atoms with Gasteiger partial charge in [0, 0.05) is 12.1 Å². The monoisotopic (exact) mass is 315 g/mol. The van der Waals surface area contributed by atoms with E-state index in [0.29, 0.717) is 0 Å². The molecule has 0 bridgehead atoms. The average molecular weight is 315 g/mol. The van der Waals surface area contributed by atoms with Crippen LogP contribution in [0.2, 0.25) is 0 Å². The van der Waals surface area contributed by atoms with Crippen LogP contribution in [-0.2, 0) is 9.53 Å². The Morgan fingerprint density at radius 1 is 1.23 bits per heavy atom. The van der Waals surface area contributed by atoms with Crippen LogP contribution in [0.4, 0.5) is 25.0 Å². The third kappa shape index (κ3) is 5.19. The van der Waals surface area contributed by atoms with Crippen LogP contribution in [0, 0.1) is 11.6 Å². The van der Waals surface area contributed by atoms with Gasteiger partial charge in [0.1, 0.15) is 11.6 Å². The van der Waals surface area contributed by atoms with Gasteiger partial charge in [-0.3, -0.25) is 4.79 Å². The van der Waals surface area contributed by atoms with Gasteiger partial charge < -0.3 is 21.1 Å². The van der Waals surface area contributed by atoms with Gasteiger partial charge in [-0.1, -0.05) is 0 Å². The molecule has 1 aromatic rings. The van der Waals surface area contributed by atoms with E-state index >= 15 is 0 Å². The van der Waals surface area contributed by atoms with Crippen LogP contribution in [0.15, 0.2) is 12.1 Å². The third-order valence-corrected chi connectivity index (χ3v) is 2.48. The summed E-state index contributed by atoms with van der Waals surface area (Å²) in [5.74, 6) is -2.91. The molecule has 0 fully saturated rings. The van der Waals surface area contributed by atoms with Crippen molar-refractivity contribution in [1.29, 1.82) is 0 Å². The zero-order valence-corrected chi connectivity index (χ0v) is 12.8. The molecule has 1 rings (SSSR count). The number of ether oxygens (including phenoxy) is 1. The Morgan fingerprint density at radius 2 is 1.77 bits per heavy atom. The lowest BCUT2D eigenvalue weighted by atomic mass is 10.2. The fourth-order valence-corrected chi connectivity index (χ4v) is 1.46. The Kier molecular flexibility index (Phi) is 5.29. The number of anilines is 2. The summed E-state index contributed by atoms with van der Waals surface area (Å²) in [6.45, 7) is 6.45. The van der Waals surface area contributed by atoms with Gasteiger partial charge in [0.25, 0.3) is 0 Å². The minimum absolute atomic E-state index is 0.0817. The van der Waals surface area contributed by atoms with Crippen LogP contribution in [0.5, 0.6) is 0 Å². The number of benzene rings is 1. The lowest BCUT2D eigenvalue weighted by Crippen LogP contribution is -2.44. The largest absolute Gasteiger partial charge is 0.444 e. The maximum Gasteiger partial charge on any atom is 0.408 e. The molecule has 0 aliphatic carbocycles. The maximum absolute atomic E-state index is 13.1. The van der Waals surface area contributed by atoms with Gasteiger partial charge in [0.2, 0.25) is 5.91 Å². The molecule has 0 aliphatic rings. The van der Waals surface area contributed by atoms with Gasteiger partial charge in [0.15, 0.2) is 11.6 Å². The van der Waals surface area contributed by atoms with E-state index in [9.17, 15) is 18.4 Å². The Balaban J connectivity index is 2.69. The van der Waals surface area contributed by atoms with Crippen molar-refractivity contribution < 1.29 is 23.1 Å². The molecule has 0 spiro atoms. The predicted molar refractivity (Wildman–Crippen MR) is 78.2 cm³/mol. The first-order chi connectivity index (χ1) is 9.99. The summed E-state index contributed by atoms with van der Waals surface area (Å²) in [6, 6.07) is 0.571. The second kappa shape index (κ2) is 6.59. The molecule has 4 N–H and O–H groups in total. The van der Waals surface area contributed by atoms with Gasteiger partial charge in [0.05, 0.1) is 11.4 Å². The lowest BCUT2D eigenvalue weighted by Gasteiger charge is -2.21. The zero-order chi connectivity index (χ0) is 17.1. The number of rotatable bonds is 3. The van der Waals surface area contributed by atoms with E-state index in [-0.39, 0.29) is 11.4 Å². The standard InChI is InChI=1S/C14H19F2N3O3/c1-7(18-13(21)22-14(2,3)4)12(20)19-11-6-9(16)8(15)5-10(11)17/h5-7H,17H2,1-4H3,(H,18,21)(H,19,20).